The van der Waals surface area contributed by atoms with E-state index >= 15 is 0 Å². The Morgan fingerprint density at radius 2 is 2.29 bits per heavy atom. The highest BCUT2D eigenvalue weighted by molar-refractivity contribution is 6.31. The van der Waals surface area contributed by atoms with Gasteiger partial charge in [0.15, 0.2) is 0 Å². The first-order valence-corrected chi connectivity index (χ1v) is 9.77. The summed E-state index contributed by atoms with van der Waals surface area (Å²) in [6.45, 7) is 1.72. The Balaban J connectivity index is 1.38. The van der Waals surface area contributed by atoms with Gasteiger partial charge in [-0.05, 0) is 24.6 Å². The minimum absolute atomic E-state index is 0.0241. The zero-order valence-corrected chi connectivity index (χ0v) is 16.1. The lowest BCUT2D eigenvalue weighted by Crippen LogP contribution is -2.42. The van der Waals surface area contributed by atoms with Crippen molar-refractivity contribution in [2.75, 3.05) is 31.5 Å². The third-order valence-electron chi connectivity index (χ3n) is 5.40. The number of fused-ring (bicyclic) bond motifs is 1. The molecule has 28 heavy (non-hydrogen) atoms. The largest absolute Gasteiger partial charge is 0.380 e. The summed E-state index contributed by atoms with van der Waals surface area (Å²) in [5, 5.41) is 14.2. The van der Waals surface area contributed by atoms with Crippen LogP contribution in [0.3, 0.4) is 0 Å². The molecule has 2 aliphatic heterocycles. The maximum absolute atomic E-state index is 13.6. The monoisotopic (exact) mass is 401 g/mol. The molecule has 0 bridgehead atoms. The van der Waals surface area contributed by atoms with E-state index in [-0.39, 0.29) is 31.5 Å². The van der Waals surface area contributed by atoms with Gasteiger partial charge in [-0.25, -0.2) is 4.39 Å². The van der Waals surface area contributed by atoms with Gasteiger partial charge in [0.25, 0.3) is 0 Å². The smallest absolute Gasteiger partial charge is 0.237 e. The molecule has 0 aliphatic carbocycles. The molecule has 0 spiro atoms. The topological polar surface area (TPSA) is 72.3 Å². The van der Waals surface area contributed by atoms with Crippen LogP contribution in [0, 0.1) is 11.3 Å². The van der Waals surface area contributed by atoms with Crippen molar-refractivity contribution in [3.05, 3.63) is 35.5 Å². The molecule has 2 aliphatic rings. The third kappa shape index (κ3) is 3.89. The fraction of sp³-hybridized carbons (Fsp3) is 0.450. The van der Waals surface area contributed by atoms with Gasteiger partial charge in [0, 0.05) is 42.8 Å². The molecule has 2 saturated heterocycles. The van der Waals surface area contributed by atoms with Crippen molar-refractivity contribution in [1.82, 2.24) is 14.8 Å². The Bertz CT molecular complexity index is 932. The van der Waals surface area contributed by atoms with Crippen LogP contribution in [0.2, 0.25) is 5.02 Å². The van der Waals surface area contributed by atoms with E-state index in [9.17, 15) is 9.18 Å². The van der Waals surface area contributed by atoms with Crippen molar-refractivity contribution in [1.29, 1.82) is 5.26 Å². The predicted octanol–water partition coefficient (Wildman–Crippen LogP) is 2.84. The lowest BCUT2D eigenvalue weighted by atomic mass is 10.1. The molecule has 6 nitrogen and oxygen atoms in total. The van der Waals surface area contributed by atoms with Gasteiger partial charge in [-0.1, -0.05) is 17.7 Å². The Morgan fingerprint density at radius 3 is 3.11 bits per heavy atom. The first-order valence-electron chi connectivity index (χ1n) is 9.40. The first kappa shape index (κ1) is 18.9. The van der Waals surface area contributed by atoms with Crippen molar-refractivity contribution in [2.45, 2.75) is 31.1 Å². The second-order valence-corrected chi connectivity index (χ2v) is 7.85. The van der Waals surface area contributed by atoms with E-state index in [2.05, 4.69) is 15.2 Å². The van der Waals surface area contributed by atoms with E-state index in [1.807, 2.05) is 30.3 Å². The van der Waals surface area contributed by atoms with Crippen LogP contribution in [0.15, 0.2) is 30.5 Å². The molecule has 2 fully saturated rings. The summed E-state index contributed by atoms with van der Waals surface area (Å²) in [7, 11) is 0. The van der Waals surface area contributed by atoms with Crippen molar-refractivity contribution in [3.8, 4) is 6.07 Å². The highest BCUT2D eigenvalue weighted by Gasteiger charge is 2.36. The van der Waals surface area contributed by atoms with E-state index in [0.29, 0.717) is 11.6 Å². The number of pyridine rings is 1. The van der Waals surface area contributed by atoms with E-state index in [1.54, 1.807) is 6.20 Å². The Labute approximate surface area is 167 Å². The minimum atomic E-state index is -1.10. The van der Waals surface area contributed by atoms with Crippen molar-refractivity contribution in [3.63, 3.8) is 0 Å². The molecule has 0 unspecified atom stereocenters. The van der Waals surface area contributed by atoms with Gasteiger partial charge < -0.3 is 10.2 Å². The summed E-state index contributed by atoms with van der Waals surface area (Å²) < 4.78 is 13.6. The van der Waals surface area contributed by atoms with Crippen LogP contribution in [0.1, 0.15) is 12.8 Å². The van der Waals surface area contributed by atoms with E-state index in [1.165, 1.54) is 4.90 Å². The van der Waals surface area contributed by atoms with Crippen molar-refractivity contribution >= 4 is 34.1 Å². The summed E-state index contributed by atoms with van der Waals surface area (Å²) in [5.74, 6) is -0.173. The fourth-order valence-electron chi connectivity index (χ4n) is 4.03. The number of halogens is 2. The number of anilines is 1. The number of carbonyl (C=O) groups is 1. The highest BCUT2D eigenvalue weighted by atomic mass is 35.5. The van der Waals surface area contributed by atoms with Gasteiger partial charge in [0.05, 0.1) is 29.7 Å². The van der Waals surface area contributed by atoms with Crippen LogP contribution in [0.4, 0.5) is 10.1 Å². The second kappa shape index (κ2) is 7.90. The van der Waals surface area contributed by atoms with Gasteiger partial charge in [-0.3, -0.25) is 14.7 Å². The molecule has 0 saturated carbocycles. The molecule has 4 rings (SSSR count). The average Bonchev–Trinajstić information content (AvgIpc) is 3.28. The Hall–Kier alpha value is -2.43. The summed E-state index contributed by atoms with van der Waals surface area (Å²) in [6.07, 6.45) is 1.54. The van der Waals surface area contributed by atoms with E-state index in [0.717, 1.165) is 29.6 Å². The molecule has 1 amide bonds. The van der Waals surface area contributed by atoms with Crippen molar-refractivity contribution < 1.29 is 9.18 Å². The molecule has 3 atom stereocenters. The number of hydrogen-bond acceptors (Lipinski definition) is 5. The van der Waals surface area contributed by atoms with Gasteiger partial charge in [0.1, 0.15) is 12.2 Å². The van der Waals surface area contributed by atoms with Gasteiger partial charge in [-0.2, -0.15) is 5.26 Å². The standard InChI is InChI=1S/C20H21ClFN5O/c21-13-6-17-18(24-9-13)2-1-3-19(17)25-15-4-5-26(11-15)12-20(28)27-10-14(22)7-16(27)8-23/h1-3,6,9,14-16,25H,4-5,7,10-12H2/t14-,15+,16-/m0/s1. The van der Waals surface area contributed by atoms with Gasteiger partial charge in [-0.15, -0.1) is 0 Å². The minimum Gasteiger partial charge on any atom is -0.380 e. The summed E-state index contributed by atoms with van der Waals surface area (Å²) in [6, 6.07) is 9.36. The number of nitrogens with zero attached hydrogens (tertiary/aromatic N) is 4. The quantitative estimate of drug-likeness (QED) is 0.852. The molecule has 146 valence electrons. The maximum Gasteiger partial charge on any atom is 0.237 e. The average molecular weight is 402 g/mol. The summed E-state index contributed by atoms with van der Waals surface area (Å²) in [4.78, 5) is 20.3. The number of nitriles is 1. The Kier molecular flexibility index (Phi) is 5.33. The number of amides is 1. The maximum atomic E-state index is 13.6. The van der Waals surface area contributed by atoms with Gasteiger partial charge in [0.2, 0.25) is 5.91 Å². The lowest BCUT2D eigenvalue weighted by Gasteiger charge is -2.23. The van der Waals surface area contributed by atoms with Crippen LogP contribution in [-0.2, 0) is 4.79 Å². The number of benzene rings is 1. The molecular formula is C20H21ClFN5O. The van der Waals surface area contributed by atoms with Crippen LogP contribution in [-0.4, -0.2) is 65.1 Å². The lowest BCUT2D eigenvalue weighted by molar-refractivity contribution is -0.132. The molecule has 1 aromatic carbocycles. The number of rotatable bonds is 4. The molecule has 2 aromatic rings. The van der Waals surface area contributed by atoms with Crippen LogP contribution >= 0.6 is 11.6 Å². The SMILES string of the molecule is N#C[C@@H]1C[C@H](F)CN1C(=O)CN1CC[C@@H](Nc2cccc3ncc(Cl)cc23)C1. The zero-order chi connectivity index (χ0) is 19.7. The molecule has 1 aromatic heterocycles. The van der Waals surface area contributed by atoms with E-state index < -0.39 is 12.2 Å². The highest BCUT2D eigenvalue weighted by Crippen LogP contribution is 2.27. The summed E-state index contributed by atoms with van der Waals surface area (Å²) >= 11 is 6.09. The third-order valence-corrected chi connectivity index (χ3v) is 5.61. The first-order chi connectivity index (χ1) is 13.5. The fourth-order valence-corrected chi connectivity index (χ4v) is 4.19. The second-order valence-electron chi connectivity index (χ2n) is 7.41. The predicted molar refractivity (Wildman–Crippen MR) is 106 cm³/mol. The van der Waals surface area contributed by atoms with Crippen LogP contribution in [0.5, 0.6) is 0 Å². The number of hydrogen-bond donors (Lipinski definition) is 1. The molecule has 3 heterocycles. The van der Waals surface area contributed by atoms with Gasteiger partial charge >= 0.3 is 0 Å². The van der Waals surface area contributed by atoms with Crippen LogP contribution in [0.25, 0.3) is 10.9 Å². The number of nitrogens with one attached hydrogen (secondary N) is 1. The molecule has 8 heteroatoms. The number of alkyl halides is 1. The number of likely N-dealkylation sites (tertiary alicyclic amines) is 2. The molecular weight excluding hydrogens is 381 g/mol. The number of aromatic nitrogens is 1. The Morgan fingerprint density at radius 1 is 1.43 bits per heavy atom. The van der Waals surface area contributed by atoms with E-state index in [4.69, 9.17) is 16.9 Å². The molecule has 1 N–H and O–H groups in total. The summed E-state index contributed by atoms with van der Waals surface area (Å²) in [5.41, 5.74) is 1.84. The van der Waals surface area contributed by atoms with Crippen LogP contribution < -0.4 is 5.32 Å². The normalized spacial score (nSPS) is 25.2. The number of carbonyl (C=O) groups excluding carboxylic acids is 1. The zero-order valence-electron chi connectivity index (χ0n) is 15.3. The molecule has 0 radical (unpaired) electrons. The van der Waals surface area contributed by atoms with Crippen molar-refractivity contribution in [2.24, 2.45) is 0 Å².